The Balaban J connectivity index is 1.82. The maximum Gasteiger partial charge on any atom is 0.319 e. The number of nitrogens with one attached hydrogen (secondary N) is 3. The predicted molar refractivity (Wildman–Crippen MR) is 100 cm³/mol. The van der Waals surface area contributed by atoms with E-state index in [-0.39, 0.29) is 12.5 Å². The summed E-state index contributed by atoms with van der Waals surface area (Å²) in [6, 6.07) is 11.5. The van der Waals surface area contributed by atoms with Crippen LogP contribution in [0.1, 0.15) is 10.4 Å². The molecule has 0 unspecified atom stereocenters. The zero-order valence-corrected chi connectivity index (χ0v) is 15.2. The zero-order valence-electron chi connectivity index (χ0n) is 14.5. The summed E-state index contributed by atoms with van der Waals surface area (Å²) in [6.07, 6.45) is 0. The molecular formula is C18H20ClN3O4. The molecule has 2 aromatic rings. The van der Waals surface area contributed by atoms with E-state index in [1.807, 2.05) is 6.07 Å². The maximum atomic E-state index is 12.0. The number of rotatable bonds is 7. The van der Waals surface area contributed by atoms with Crippen molar-refractivity contribution < 1.29 is 19.1 Å². The van der Waals surface area contributed by atoms with Gasteiger partial charge in [0, 0.05) is 24.7 Å². The highest BCUT2D eigenvalue weighted by molar-refractivity contribution is 6.32. The maximum absolute atomic E-state index is 12.0. The first-order valence-electron chi connectivity index (χ1n) is 7.84. The number of urea groups is 1. The summed E-state index contributed by atoms with van der Waals surface area (Å²) in [7, 11) is 2.97. The van der Waals surface area contributed by atoms with Crippen LogP contribution in [0.4, 0.5) is 10.5 Å². The Morgan fingerprint density at radius 2 is 1.62 bits per heavy atom. The molecule has 0 saturated carbocycles. The number of carbonyl (C=O) groups excluding carboxylic acids is 2. The van der Waals surface area contributed by atoms with Crippen LogP contribution < -0.4 is 25.4 Å². The van der Waals surface area contributed by atoms with Gasteiger partial charge in [0.2, 0.25) is 0 Å². The van der Waals surface area contributed by atoms with Gasteiger partial charge in [-0.2, -0.15) is 0 Å². The van der Waals surface area contributed by atoms with Crippen molar-refractivity contribution in [2.45, 2.75) is 0 Å². The zero-order chi connectivity index (χ0) is 18.9. The average molecular weight is 378 g/mol. The number of anilines is 1. The Labute approximate surface area is 156 Å². The first-order valence-corrected chi connectivity index (χ1v) is 8.22. The SMILES string of the molecule is COc1cc(OC)c(NC(=O)NCCNC(=O)c2ccccc2)cc1Cl. The molecule has 138 valence electrons. The van der Waals surface area contributed by atoms with Gasteiger partial charge in [-0.3, -0.25) is 4.79 Å². The molecule has 0 atom stereocenters. The molecular weight excluding hydrogens is 358 g/mol. The number of hydrogen-bond acceptors (Lipinski definition) is 4. The van der Waals surface area contributed by atoms with Gasteiger partial charge in [-0.05, 0) is 18.2 Å². The second kappa shape index (κ2) is 9.53. The molecule has 0 radical (unpaired) electrons. The van der Waals surface area contributed by atoms with E-state index in [1.54, 1.807) is 30.3 Å². The molecule has 3 N–H and O–H groups in total. The van der Waals surface area contributed by atoms with Crippen LogP contribution >= 0.6 is 11.6 Å². The smallest absolute Gasteiger partial charge is 0.319 e. The highest BCUT2D eigenvalue weighted by Crippen LogP contribution is 2.35. The van der Waals surface area contributed by atoms with Gasteiger partial charge in [-0.1, -0.05) is 29.8 Å². The molecule has 3 amide bonds. The normalized spacial score (nSPS) is 9.96. The Bertz CT molecular complexity index is 769. The number of hydrogen-bond donors (Lipinski definition) is 3. The second-order valence-corrected chi connectivity index (χ2v) is 5.60. The lowest BCUT2D eigenvalue weighted by Crippen LogP contribution is -2.36. The van der Waals surface area contributed by atoms with Crippen molar-refractivity contribution >= 4 is 29.2 Å². The lowest BCUT2D eigenvalue weighted by molar-refractivity contribution is 0.0954. The van der Waals surface area contributed by atoms with E-state index in [9.17, 15) is 9.59 Å². The van der Waals surface area contributed by atoms with Crippen molar-refractivity contribution in [3.8, 4) is 11.5 Å². The summed E-state index contributed by atoms with van der Waals surface area (Å²) in [5.41, 5.74) is 0.971. The van der Waals surface area contributed by atoms with Gasteiger partial charge < -0.3 is 25.4 Å². The van der Waals surface area contributed by atoms with E-state index in [0.29, 0.717) is 34.3 Å². The number of ether oxygens (including phenoxy) is 2. The molecule has 0 saturated heterocycles. The fourth-order valence-electron chi connectivity index (χ4n) is 2.17. The van der Waals surface area contributed by atoms with E-state index in [0.717, 1.165) is 0 Å². The molecule has 0 heterocycles. The van der Waals surface area contributed by atoms with Crippen LogP contribution in [-0.4, -0.2) is 39.2 Å². The van der Waals surface area contributed by atoms with Crippen molar-refractivity contribution in [2.24, 2.45) is 0 Å². The minimum absolute atomic E-state index is 0.198. The third kappa shape index (κ3) is 5.29. The average Bonchev–Trinajstić information content (AvgIpc) is 2.66. The number of carbonyl (C=O) groups is 2. The van der Waals surface area contributed by atoms with Crippen LogP contribution in [0.25, 0.3) is 0 Å². The first kappa shape index (κ1) is 19.4. The van der Waals surface area contributed by atoms with Crippen LogP contribution in [0.15, 0.2) is 42.5 Å². The number of halogens is 1. The van der Waals surface area contributed by atoms with Crippen LogP contribution in [0, 0.1) is 0 Å². The molecule has 0 spiro atoms. The van der Waals surface area contributed by atoms with E-state index >= 15 is 0 Å². The molecule has 8 heteroatoms. The summed E-state index contributed by atoms with van der Waals surface area (Å²) in [4.78, 5) is 23.9. The number of amides is 3. The molecule has 26 heavy (non-hydrogen) atoms. The Kier molecular flexibility index (Phi) is 7.11. The fraction of sp³-hybridized carbons (Fsp3) is 0.222. The van der Waals surface area contributed by atoms with Gasteiger partial charge in [0.15, 0.2) is 0 Å². The van der Waals surface area contributed by atoms with Crippen molar-refractivity contribution in [1.29, 1.82) is 0 Å². The molecule has 0 aliphatic heterocycles. The molecule has 0 bridgehead atoms. The second-order valence-electron chi connectivity index (χ2n) is 5.19. The Morgan fingerprint density at radius 1 is 0.962 bits per heavy atom. The summed E-state index contributed by atoms with van der Waals surface area (Å²) in [5.74, 6) is 0.660. The van der Waals surface area contributed by atoms with E-state index in [4.69, 9.17) is 21.1 Å². The third-order valence-corrected chi connectivity index (χ3v) is 3.75. The fourth-order valence-corrected chi connectivity index (χ4v) is 2.41. The molecule has 0 aromatic heterocycles. The van der Waals surface area contributed by atoms with Gasteiger partial charge >= 0.3 is 6.03 Å². The monoisotopic (exact) mass is 377 g/mol. The summed E-state index contributed by atoms with van der Waals surface area (Å²) in [5, 5.41) is 8.36. The minimum Gasteiger partial charge on any atom is -0.495 e. The highest BCUT2D eigenvalue weighted by atomic mass is 35.5. The summed E-state index contributed by atoms with van der Waals surface area (Å²) < 4.78 is 10.3. The van der Waals surface area contributed by atoms with Crippen molar-refractivity contribution in [1.82, 2.24) is 10.6 Å². The van der Waals surface area contributed by atoms with Gasteiger partial charge in [-0.25, -0.2) is 4.79 Å². The van der Waals surface area contributed by atoms with Crippen molar-refractivity contribution in [2.75, 3.05) is 32.6 Å². The van der Waals surface area contributed by atoms with E-state index in [2.05, 4.69) is 16.0 Å². The van der Waals surface area contributed by atoms with Gasteiger partial charge in [-0.15, -0.1) is 0 Å². The minimum atomic E-state index is -0.446. The van der Waals surface area contributed by atoms with E-state index in [1.165, 1.54) is 20.3 Å². The Hall–Kier alpha value is -2.93. The molecule has 0 fully saturated rings. The molecule has 2 rings (SSSR count). The van der Waals surface area contributed by atoms with Crippen LogP contribution in [-0.2, 0) is 0 Å². The van der Waals surface area contributed by atoms with Crippen LogP contribution in [0.2, 0.25) is 5.02 Å². The topological polar surface area (TPSA) is 88.7 Å². The number of benzene rings is 2. The molecule has 0 aliphatic carbocycles. The van der Waals surface area contributed by atoms with Crippen molar-refractivity contribution in [3.05, 3.63) is 53.1 Å². The van der Waals surface area contributed by atoms with Gasteiger partial charge in [0.25, 0.3) is 5.91 Å². The van der Waals surface area contributed by atoms with Gasteiger partial charge in [0.05, 0.1) is 24.9 Å². The van der Waals surface area contributed by atoms with Crippen LogP contribution in [0.5, 0.6) is 11.5 Å². The largest absolute Gasteiger partial charge is 0.495 e. The predicted octanol–water partition coefficient (Wildman–Crippen LogP) is 2.91. The third-order valence-electron chi connectivity index (χ3n) is 3.45. The van der Waals surface area contributed by atoms with Crippen molar-refractivity contribution in [3.63, 3.8) is 0 Å². The quantitative estimate of drug-likeness (QED) is 0.647. The molecule has 7 nitrogen and oxygen atoms in total. The van der Waals surface area contributed by atoms with E-state index < -0.39 is 6.03 Å². The molecule has 2 aromatic carbocycles. The summed E-state index contributed by atoms with van der Waals surface area (Å²) >= 11 is 6.06. The first-order chi connectivity index (χ1) is 12.5. The highest BCUT2D eigenvalue weighted by Gasteiger charge is 2.12. The van der Waals surface area contributed by atoms with Gasteiger partial charge in [0.1, 0.15) is 11.5 Å². The summed E-state index contributed by atoms with van der Waals surface area (Å²) in [6.45, 7) is 0.554. The lowest BCUT2D eigenvalue weighted by Gasteiger charge is -2.13. The standard InChI is InChI=1S/C18H20ClN3O4/c1-25-15-11-16(26-2)14(10-13(15)19)22-18(24)21-9-8-20-17(23)12-6-4-3-5-7-12/h3-7,10-11H,8-9H2,1-2H3,(H,20,23)(H2,21,22,24). The lowest BCUT2D eigenvalue weighted by atomic mass is 10.2. The van der Waals surface area contributed by atoms with Crippen LogP contribution in [0.3, 0.4) is 0 Å². The Morgan fingerprint density at radius 3 is 2.27 bits per heavy atom. The molecule has 0 aliphatic rings. The number of methoxy groups -OCH3 is 2.